The quantitative estimate of drug-likeness (QED) is 0.198. The number of hydrogen-bond donors (Lipinski definition) is 3. The standard InChI is InChI=1S/C24H27FN2O2.C21H25FN2O.C3H3ClO/c1-2-20(28)27-9-3-4-15(13-27)21-19(25)11-17(23(26)29)16-10-14-5-6-24(7-8-24)12-18(14)22(16)21;22-17-9-15(20(23)25)14-8-12-3-4-21(5-6-21)10-16(12)19(14)18(17)13-2-1-7-24-11-13;1-2-3(4)5/h2,11,15H,1,3-10,12-13H2,(H2,26,29);9,13,24H,1-8,10-11H2,(H2,23,25);2H,1H2. The summed E-state index contributed by atoms with van der Waals surface area (Å²) in [6.45, 7) is 9.69. The number of nitrogens with one attached hydrogen (secondary N) is 1. The number of halogens is 3. The molecule has 0 aromatic heterocycles. The molecule has 0 radical (unpaired) electrons. The molecule has 8 nitrogen and oxygen atoms in total. The van der Waals surface area contributed by atoms with E-state index in [-0.39, 0.29) is 29.4 Å². The third-order valence-electron chi connectivity index (χ3n) is 14.7. The number of rotatable bonds is 6. The van der Waals surface area contributed by atoms with Crippen molar-refractivity contribution in [1.82, 2.24) is 10.2 Å². The topological polar surface area (TPSA) is 136 Å². The second kappa shape index (κ2) is 16.2. The lowest BCUT2D eigenvalue weighted by atomic mass is 9.78. The molecule has 2 atom stereocenters. The summed E-state index contributed by atoms with van der Waals surface area (Å²) in [5, 5.41) is 2.91. The van der Waals surface area contributed by atoms with Crippen molar-refractivity contribution in [1.29, 1.82) is 0 Å². The molecule has 5 N–H and O–H groups in total. The number of hydrogen-bond acceptors (Lipinski definition) is 5. The van der Waals surface area contributed by atoms with Crippen LogP contribution in [0.2, 0.25) is 0 Å². The van der Waals surface area contributed by atoms with Gasteiger partial charge in [-0.15, -0.1) is 0 Å². The van der Waals surface area contributed by atoms with Gasteiger partial charge in [-0.2, -0.15) is 0 Å². The van der Waals surface area contributed by atoms with Gasteiger partial charge in [-0.3, -0.25) is 19.2 Å². The summed E-state index contributed by atoms with van der Waals surface area (Å²) in [6.07, 6.45) is 19.4. The summed E-state index contributed by atoms with van der Waals surface area (Å²) < 4.78 is 30.6. The molecule has 8 aliphatic rings. The van der Waals surface area contributed by atoms with Crippen LogP contribution in [0.4, 0.5) is 8.78 Å². The Morgan fingerprint density at radius 2 is 1.25 bits per heavy atom. The summed E-state index contributed by atoms with van der Waals surface area (Å²) in [5.74, 6) is -1.59. The van der Waals surface area contributed by atoms with Gasteiger partial charge in [0.15, 0.2) is 0 Å². The minimum Gasteiger partial charge on any atom is -0.366 e. The highest BCUT2D eigenvalue weighted by molar-refractivity contribution is 6.66. The van der Waals surface area contributed by atoms with E-state index >= 15 is 8.78 Å². The molecule has 312 valence electrons. The first-order valence-corrected chi connectivity index (χ1v) is 21.8. The molecule has 2 unspecified atom stereocenters. The number of nitrogens with two attached hydrogens (primary N) is 2. The highest BCUT2D eigenvalue weighted by Gasteiger charge is 2.49. The van der Waals surface area contributed by atoms with Crippen LogP contribution in [-0.4, -0.2) is 54.0 Å². The van der Waals surface area contributed by atoms with E-state index in [1.54, 1.807) is 4.90 Å². The highest BCUT2D eigenvalue weighted by Crippen LogP contribution is 2.63. The van der Waals surface area contributed by atoms with Crippen molar-refractivity contribution >= 4 is 45.7 Å². The van der Waals surface area contributed by atoms with E-state index in [1.165, 1.54) is 79.0 Å². The Balaban J connectivity index is 0.000000149. The fraction of sp³-hybridized carbons (Fsp3) is 0.500. The first-order valence-electron chi connectivity index (χ1n) is 21.4. The fourth-order valence-corrected chi connectivity index (χ4v) is 11.2. The third-order valence-corrected chi connectivity index (χ3v) is 14.9. The van der Waals surface area contributed by atoms with Gasteiger partial charge in [0.2, 0.25) is 23.0 Å². The average Bonchev–Trinajstić information content (AvgIpc) is 4.10. The van der Waals surface area contributed by atoms with Gasteiger partial charge >= 0.3 is 0 Å². The zero-order valence-corrected chi connectivity index (χ0v) is 34.6. The van der Waals surface area contributed by atoms with Crippen LogP contribution < -0.4 is 16.8 Å². The number of amides is 3. The van der Waals surface area contributed by atoms with Crippen LogP contribution in [0, 0.1) is 22.5 Å². The van der Waals surface area contributed by atoms with E-state index in [0.717, 1.165) is 105 Å². The van der Waals surface area contributed by atoms with Crippen molar-refractivity contribution in [2.24, 2.45) is 22.3 Å². The number of benzene rings is 2. The van der Waals surface area contributed by atoms with Crippen LogP contribution in [0.25, 0.3) is 11.1 Å². The number of nitrogens with zero attached hydrogens (tertiary/aromatic N) is 1. The number of likely N-dealkylation sites (tertiary alicyclic amines) is 1. The number of fused-ring (bicyclic) bond motifs is 4. The molecule has 11 heteroatoms. The first-order chi connectivity index (χ1) is 28.3. The first kappa shape index (κ1) is 41.3. The van der Waals surface area contributed by atoms with Crippen LogP contribution >= 0.6 is 11.6 Å². The molecule has 6 aliphatic carbocycles. The Morgan fingerprint density at radius 3 is 1.68 bits per heavy atom. The van der Waals surface area contributed by atoms with Crippen LogP contribution in [0.15, 0.2) is 48.6 Å². The number of primary amides is 2. The second-order valence-corrected chi connectivity index (χ2v) is 18.7. The fourth-order valence-electron chi connectivity index (χ4n) is 11.2. The summed E-state index contributed by atoms with van der Waals surface area (Å²) in [4.78, 5) is 47.5. The zero-order valence-electron chi connectivity index (χ0n) is 33.9. The van der Waals surface area contributed by atoms with Crippen molar-refractivity contribution in [3.8, 4) is 0 Å². The van der Waals surface area contributed by atoms with Crippen LogP contribution in [-0.2, 0) is 22.4 Å². The maximum Gasteiger partial charge on any atom is 0.249 e. The molecule has 59 heavy (non-hydrogen) atoms. The van der Waals surface area contributed by atoms with Gasteiger partial charge in [-0.05, 0) is 195 Å². The van der Waals surface area contributed by atoms with E-state index < -0.39 is 17.1 Å². The van der Waals surface area contributed by atoms with E-state index in [1.807, 2.05) is 0 Å². The van der Waals surface area contributed by atoms with Crippen molar-refractivity contribution in [2.75, 3.05) is 26.2 Å². The minimum absolute atomic E-state index is 0.0627. The molecule has 10 rings (SSSR count). The number of carbonyl (C=O) groups excluding carboxylic acids is 4. The maximum absolute atomic E-state index is 15.5. The molecule has 2 saturated heterocycles. The number of piperidine rings is 2. The molecular weight excluding hydrogens is 770 g/mol. The van der Waals surface area contributed by atoms with E-state index in [9.17, 15) is 19.2 Å². The molecule has 2 saturated carbocycles. The van der Waals surface area contributed by atoms with Crippen molar-refractivity contribution in [2.45, 2.75) is 115 Å². The summed E-state index contributed by atoms with van der Waals surface area (Å²) >= 11 is 4.71. The van der Waals surface area contributed by atoms with E-state index in [0.29, 0.717) is 47.0 Å². The van der Waals surface area contributed by atoms with Gasteiger partial charge in [0.1, 0.15) is 11.6 Å². The molecule has 3 amide bonds. The molecule has 2 aromatic carbocycles. The lowest BCUT2D eigenvalue weighted by molar-refractivity contribution is -0.127. The lowest BCUT2D eigenvalue weighted by Gasteiger charge is -2.34. The average molecular weight is 825 g/mol. The van der Waals surface area contributed by atoms with Crippen molar-refractivity contribution in [3.63, 3.8) is 0 Å². The Labute approximate surface area is 350 Å². The predicted octanol–water partition coefficient (Wildman–Crippen LogP) is 8.69. The monoisotopic (exact) mass is 824 g/mol. The molecular formula is C48H55ClF2N4O4. The van der Waals surface area contributed by atoms with Crippen LogP contribution in [0.3, 0.4) is 0 Å². The predicted molar refractivity (Wildman–Crippen MR) is 227 cm³/mol. The van der Waals surface area contributed by atoms with Gasteiger partial charge in [0, 0.05) is 47.8 Å². The van der Waals surface area contributed by atoms with E-state index in [2.05, 4.69) is 18.5 Å². The molecule has 0 bridgehead atoms. The summed E-state index contributed by atoms with van der Waals surface area (Å²) in [7, 11) is 0. The van der Waals surface area contributed by atoms with Crippen molar-refractivity contribution in [3.05, 3.63) is 105 Å². The van der Waals surface area contributed by atoms with Crippen LogP contribution in [0.1, 0.15) is 156 Å². The van der Waals surface area contributed by atoms with Crippen molar-refractivity contribution < 1.29 is 28.0 Å². The summed E-state index contributed by atoms with van der Waals surface area (Å²) in [5.41, 5.74) is 23.8. The molecule has 2 spiro atoms. The molecule has 2 aromatic rings. The Hall–Kier alpha value is -4.41. The molecule has 2 heterocycles. The third kappa shape index (κ3) is 7.99. The minimum atomic E-state index is -0.556. The van der Waals surface area contributed by atoms with Gasteiger partial charge in [-0.1, -0.05) is 24.3 Å². The largest absolute Gasteiger partial charge is 0.366 e. The normalized spacial score (nSPS) is 23.7. The Kier molecular flexibility index (Phi) is 11.4. The Morgan fingerprint density at radius 1 is 0.763 bits per heavy atom. The highest BCUT2D eigenvalue weighted by atomic mass is 35.5. The second-order valence-electron chi connectivity index (χ2n) is 18.3. The molecule has 4 fully saturated rings. The Bertz CT molecular complexity index is 2230. The van der Waals surface area contributed by atoms with Gasteiger partial charge in [0.05, 0.1) is 0 Å². The SMILES string of the molecule is C=CC(=O)Cl.C=CC(=O)N1CCCC(c2c(F)cc(C(N)=O)c3c2C2=C(CCC4(CC4)C2)C3)C1.NC(=O)c1cc(F)c(C2CCCNC2)c2c1CC1=C2CC2(CC1)CC2. The summed E-state index contributed by atoms with van der Waals surface area (Å²) in [6, 6.07) is 2.76. The zero-order chi connectivity index (χ0) is 41.8. The number of allylic oxidation sites excluding steroid dienone is 5. The van der Waals surface area contributed by atoms with Gasteiger partial charge in [0.25, 0.3) is 0 Å². The van der Waals surface area contributed by atoms with Gasteiger partial charge < -0.3 is 21.7 Å². The van der Waals surface area contributed by atoms with Crippen LogP contribution in [0.5, 0.6) is 0 Å². The maximum atomic E-state index is 15.5. The molecule has 2 aliphatic heterocycles. The van der Waals surface area contributed by atoms with E-state index in [4.69, 9.17) is 23.1 Å². The lowest BCUT2D eigenvalue weighted by Crippen LogP contribution is -2.38. The number of carbonyl (C=O) groups is 4. The smallest absolute Gasteiger partial charge is 0.249 e. The van der Waals surface area contributed by atoms with Gasteiger partial charge in [-0.25, -0.2) is 8.78 Å².